The third-order valence-electron chi connectivity index (χ3n) is 3.13. The van der Waals surface area contributed by atoms with Gasteiger partial charge >= 0.3 is 0 Å². The largest absolute Gasteiger partial charge is 0.387 e. The summed E-state index contributed by atoms with van der Waals surface area (Å²) in [6, 6.07) is 0.542. The molecule has 0 fully saturated rings. The van der Waals surface area contributed by atoms with Crippen molar-refractivity contribution in [1.82, 2.24) is 4.98 Å². The van der Waals surface area contributed by atoms with Crippen LogP contribution in [0.3, 0.4) is 0 Å². The Morgan fingerprint density at radius 2 is 1.89 bits per heavy atom. The summed E-state index contributed by atoms with van der Waals surface area (Å²) in [6.45, 7) is 11.7. The van der Waals surface area contributed by atoms with E-state index in [1.165, 1.54) is 0 Å². The van der Waals surface area contributed by atoms with Crippen LogP contribution in [0.4, 0.5) is 5.13 Å². The number of thiazole rings is 1. The third-order valence-corrected chi connectivity index (χ3v) is 4.02. The minimum atomic E-state index is -0.474. The summed E-state index contributed by atoms with van der Waals surface area (Å²) >= 11 is 1.64. The normalized spacial score (nSPS) is 13.3. The average Bonchev–Trinajstić information content (AvgIpc) is 2.78. The standard InChI is InChI=1S/C14H26N2OS/c1-6-12(7-2)16(8-10(3)4)14-15-13(9-18-14)11(5)17/h9-12,17H,6-8H2,1-5H3. The Balaban J connectivity index is 2.93. The van der Waals surface area contributed by atoms with Crippen molar-refractivity contribution in [1.29, 1.82) is 0 Å². The smallest absolute Gasteiger partial charge is 0.185 e. The van der Waals surface area contributed by atoms with E-state index in [0.29, 0.717) is 12.0 Å². The monoisotopic (exact) mass is 270 g/mol. The first-order chi connectivity index (χ1) is 8.49. The van der Waals surface area contributed by atoms with Crippen LogP contribution in [-0.2, 0) is 0 Å². The van der Waals surface area contributed by atoms with E-state index in [4.69, 9.17) is 0 Å². The van der Waals surface area contributed by atoms with Gasteiger partial charge in [0.25, 0.3) is 0 Å². The zero-order chi connectivity index (χ0) is 13.7. The summed E-state index contributed by atoms with van der Waals surface area (Å²) in [5.74, 6) is 0.615. The predicted octanol–water partition coefficient (Wildman–Crippen LogP) is 3.85. The van der Waals surface area contributed by atoms with Gasteiger partial charge in [-0.05, 0) is 25.7 Å². The molecule has 104 valence electrons. The summed E-state index contributed by atoms with van der Waals surface area (Å²) in [4.78, 5) is 6.98. The van der Waals surface area contributed by atoms with E-state index in [-0.39, 0.29) is 0 Å². The second-order valence-corrected chi connectivity index (χ2v) is 6.08. The van der Waals surface area contributed by atoms with Crippen molar-refractivity contribution in [3.63, 3.8) is 0 Å². The van der Waals surface area contributed by atoms with Crippen LogP contribution in [0.15, 0.2) is 5.38 Å². The second-order valence-electron chi connectivity index (χ2n) is 5.25. The molecule has 1 N–H and O–H groups in total. The Bertz CT molecular complexity index is 345. The molecule has 0 aliphatic rings. The SMILES string of the molecule is CCC(CC)N(CC(C)C)c1nc(C(C)O)cs1. The fourth-order valence-electron chi connectivity index (χ4n) is 2.11. The summed E-state index contributed by atoms with van der Waals surface area (Å²) in [5.41, 5.74) is 0.787. The quantitative estimate of drug-likeness (QED) is 0.817. The summed E-state index contributed by atoms with van der Waals surface area (Å²) in [7, 11) is 0. The summed E-state index contributed by atoms with van der Waals surface area (Å²) in [5, 5.41) is 12.6. The second kappa shape index (κ2) is 7.10. The molecule has 1 rings (SSSR count). The maximum atomic E-state index is 9.58. The molecule has 0 saturated carbocycles. The van der Waals surface area contributed by atoms with Crippen LogP contribution in [0.1, 0.15) is 59.3 Å². The molecule has 1 heterocycles. The zero-order valence-corrected chi connectivity index (χ0v) is 13.0. The first-order valence-electron chi connectivity index (χ1n) is 6.89. The van der Waals surface area contributed by atoms with E-state index in [9.17, 15) is 5.11 Å². The van der Waals surface area contributed by atoms with Crippen LogP contribution in [0.2, 0.25) is 0 Å². The number of rotatable bonds is 7. The van der Waals surface area contributed by atoms with Crippen LogP contribution in [0, 0.1) is 5.92 Å². The van der Waals surface area contributed by atoms with Crippen molar-refractivity contribution in [3.05, 3.63) is 11.1 Å². The number of anilines is 1. The Morgan fingerprint density at radius 3 is 2.28 bits per heavy atom. The Kier molecular flexibility index (Phi) is 6.09. The number of hydrogen-bond donors (Lipinski definition) is 1. The Labute approximate surface area is 115 Å². The van der Waals surface area contributed by atoms with Crippen molar-refractivity contribution in [2.45, 2.75) is 59.6 Å². The molecule has 0 spiro atoms. The van der Waals surface area contributed by atoms with Crippen molar-refractivity contribution in [2.24, 2.45) is 5.92 Å². The molecular formula is C14H26N2OS. The van der Waals surface area contributed by atoms with Gasteiger partial charge in [0.05, 0.1) is 11.8 Å². The summed E-state index contributed by atoms with van der Waals surface area (Å²) in [6.07, 6.45) is 1.79. The molecule has 0 amide bonds. The van der Waals surface area contributed by atoms with E-state index in [1.54, 1.807) is 18.3 Å². The van der Waals surface area contributed by atoms with Gasteiger partial charge in [-0.2, -0.15) is 0 Å². The third kappa shape index (κ3) is 3.95. The minimum absolute atomic E-state index is 0.474. The molecule has 1 aromatic heterocycles. The van der Waals surface area contributed by atoms with E-state index in [0.717, 1.165) is 30.2 Å². The Hall–Kier alpha value is -0.610. The maximum absolute atomic E-state index is 9.58. The highest BCUT2D eigenvalue weighted by Crippen LogP contribution is 2.28. The lowest BCUT2D eigenvalue weighted by atomic mass is 10.1. The van der Waals surface area contributed by atoms with Gasteiger partial charge in [0, 0.05) is 18.0 Å². The highest BCUT2D eigenvalue weighted by molar-refractivity contribution is 7.13. The van der Waals surface area contributed by atoms with Crippen molar-refractivity contribution in [3.8, 4) is 0 Å². The number of aliphatic hydroxyl groups is 1. The van der Waals surface area contributed by atoms with Gasteiger partial charge in [-0.15, -0.1) is 11.3 Å². The molecule has 1 unspecified atom stereocenters. The molecule has 0 aliphatic heterocycles. The molecule has 18 heavy (non-hydrogen) atoms. The fraction of sp³-hybridized carbons (Fsp3) is 0.786. The van der Waals surface area contributed by atoms with Gasteiger partial charge in [-0.3, -0.25) is 0 Å². The lowest BCUT2D eigenvalue weighted by molar-refractivity contribution is 0.195. The first-order valence-corrected chi connectivity index (χ1v) is 7.77. The number of aromatic nitrogens is 1. The van der Waals surface area contributed by atoms with Gasteiger partial charge in [0.2, 0.25) is 0 Å². The van der Waals surface area contributed by atoms with E-state index < -0.39 is 6.10 Å². The zero-order valence-electron chi connectivity index (χ0n) is 12.2. The number of nitrogens with zero attached hydrogens (tertiary/aromatic N) is 2. The molecule has 1 atom stereocenters. The van der Waals surface area contributed by atoms with Crippen molar-refractivity contribution < 1.29 is 5.11 Å². The first kappa shape index (κ1) is 15.4. The highest BCUT2D eigenvalue weighted by Gasteiger charge is 2.20. The lowest BCUT2D eigenvalue weighted by Crippen LogP contribution is -2.37. The molecule has 3 nitrogen and oxygen atoms in total. The van der Waals surface area contributed by atoms with Gasteiger partial charge in [-0.25, -0.2) is 4.98 Å². The van der Waals surface area contributed by atoms with Gasteiger partial charge in [0.15, 0.2) is 5.13 Å². The molecular weight excluding hydrogens is 244 g/mol. The van der Waals surface area contributed by atoms with E-state index in [1.807, 2.05) is 5.38 Å². The van der Waals surface area contributed by atoms with Crippen LogP contribution >= 0.6 is 11.3 Å². The van der Waals surface area contributed by atoms with Gasteiger partial charge in [0.1, 0.15) is 0 Å². The van der Waals surface area contributed by atoms with Crippen molar-refractivity contribution >= 4 is 16.5 Å². The summed E-state index contributed by atoms with van der Waals surface area (Å²) < 4.78 is 0. The minimum Gasteiger partial charge on any atom is -0.387 e. The number of aliphatic hydroxyl groups excluding tert-OH is 1. The average molecular weight is 270 g/mol. The molecule has 4 heteroatoms. The molecule has 0 radical (unpaired) electrons. The van der Waals surface area contributed by atoms with E-state index in [2.05, 4.69) is 37.6 Å². The molecule has 0 aromatic carbocycles. The lowest BCUT2D eigenvalue weighted by Gasteiger charge is -2.31. The van der Waals surface area contributed by atoms with Crippen molar-refractivity contribution in [2.75, 3.05) is 11.4 Å². The molecule has 0 aliphatic carbocycles. The van der Waals surface area contributed by atoms with Crippen LogP contribution in [0.25, 0.3) is 0 Å². The van der Waals surface area contributed by atoms with Gasteiger partial charge in [-0.1, -0.05) is 27.7 Å². The predicted molar refractivity (Wildman–Crippen MR) is 79.3 cm³/mol. The fourth-order valence-corrected chi connectivity index (χ4v) is 3.10. The van der Waals surface area contributed by atoms with E-state index >= 15 is 0 Å². The van der Waals surface area contributed by atoms with Crippen LogP contribution < -0.4 is 4.90 Å². The number of hydrogen-bond acceptors (Lipinski definition) is 4. The maximum Gasteiger partial charge on any atom is 0.185 e. The van der Waals surface area contributed by atoms with Gasteiger partial charge < -0.3 is 10.0 Å². The Morgan fingerprint density at radius 1 is 1.28 bits per heavy atom. The van der Waals surface area contributed by atoms with Crippen LogP contribution in [-0.4, -0.2) is 22.7 Å². The molecule has 0 saturated heterocycles. The topological polar surface area (TPSA) is 36.4 Å². The molecule has 1 aromatic rings. The highest BCUT2D eigenvalue weighted by atomic mass is 32.1. The molecule has 0 bridgehead atoms. The van der Waals surface area contributed by atoms with Crippen LogP contribution in [0.5, 0.6) is 0 Å².